The van der Waals surface area contributed by atoms with Crippen LogP contribution in [0.3, 0.4) is 0 Å². The molecule has 0 unspecified atom stereocenters. The van der Waals surface area contributed by atoms with Crippen molar-refractivity contribution in [3.05, 3.63) is 58.7 Å². The van der Waals surface area contributed by atoms with E-state index >= 15 is 0 Å². The van der Waals surface area contributed by atoms with Gasteiger partial charge in [-0.3, -0.25) is 9.98 Å². The minimum absolute atomic E-state index is 0. The molecule has 0 saturated heterocycles. The molecule has 2 nitrogen and oxygen atoms in total. The van der Waals surface area contributed by atoms with E-state index in [9.17, 15) is 0 Å². The predicted octanol–water partition coefficient (Wildman–Crippen LogP) is 10.7. The van der Waals surface area contributed by atoms with Crippen LogP contribution in [0.25, 0.3) is 0 Å². The summed E-state index contributed by atoms with van der Waals surface area (Å²) >= 11 is 0. The van der Waals surface area contributed by atoms with Gasteiger partial charge >= 0.3 is 0 Å². The van der Waals surface area contributed by atoms with Crippen molar-refractivity contribution in [1.82, 2.24) is 0 Å². The topological polar surface area (TPSA) is 24.7 Å². The fourth-order valence-electron chi connectivity index (χ4n) is 4.71. The first-order valence-electron chi connectivity index (χ1n) is 15.0. The summed E-state index contributed by atoms with van der Waals surface area (Å²) in [5.41, 5.74) is 10.1. The average Bonchev–Trinajstić information content (AvgIpc) is 2.91. The summed E-state index contributed by atoms with van der Waals surface area (Å²) in [6.45, 7) is 13.5. The van der Waals surface area contributed by atoms with E-state index in [-0.39, 0.29) is 20.4 Å². The van der Waals surface area contributed by atoms with Crippen molar-refractivity contribution in [3.63, 3.8) is 0 Å². The van der Waals surface area contributed by atoms with Gasteiger partial charge in [0.15, 0.2) is 0 Å². The molecule has 37 heavy (non-hydrogen) atoms. The van der Waals surface area contributed by atoms with Crippen molar-refractivity contribution >= 4 is 22.8 Å². The smallest absolute Gasteiger partial charge is 0.0639 e. The van der Waals surface area contributed by atoms with Crippen LogP contribution in [0.15, 0.2) is 46.4 Å². The number of hydrogen-bond donors (Lipinski definition) is 0. The normalized spacial score (nSPS) is 12.1. The number of rotatable bonds is 17. The van der Waals surface area contributed by atoms with Crippen molar-refractivity contribution in [2.75, 3.05) is 0 Å². The second-order valence-electron chi connectivity index (χ2n) is 10.2. The van der Waals surface area contributed by atoms with Crippen LogP contribution < -0.4 is 0 Å². The molecule has 0 aromatic heterocycles. The van der Waals surface area contributed by atoms with Crippen molar-refractivity contribution < 1.29 is 20.4 Å². The second-order valence-corrected chi connectivity index (χ2v) is 10.2. The minimum Gasteiger partial charge on any atom is -0.252 e. The first-order chi connectivity index (χ1) is 17.6. The van der Waals surface area contributed by atoms with E-state index in [2.05, 4.69) is 77.9 Å². The van der Waals surface area contributed by atoms with Crippen molar-refractivity contribution in [3.8, 4) is 0 Å². The molecule has 2 aromatic rings. The fourth-order valence-corrected chi connectivity index (χ4v) is 4.71. The van der Waals surface area contributed by atoms with Crippen LogP contribution in [0.1, 0.15) is 128 Å². The summed E-state index contributed by atoms with van der Waals surface area (Å²) in [5, 5.41) is 0. The Morgan fingerprint density at radius 3 is 1.05 bits per heavy atom. The van der Waals surface area contributed by atoms with E-state index in [4.69, 9.17) is 9.98 Å². The zero-order valence-corrected chi connectivity index (χ0v) is 26.1. The number of unbranched alkanes of at least 4 members (excludes halogenated alkanes) is 6. The van der Waals surface area contributed by atoms with E-state index in [0.29, 0.717) is 0 Å². The number of aryl methyl sites for hydroxylation is 4. The van der Waals surface area contributed by atoms with Gasteiger partial charge in [-0.1, -0.05) is 92.2 Å². The van der Waals surface area contributed by atoms with Gasteiger partial charge in [0.1, 0.15) is 0 Å². The number of aliphatic imine (C=N–C) groups is 2. The van der Waals surface area contributed by atoms with Gasteiger partial charge in [-0.2, -0.15) is 0 Å². The van der Waals surface area contributed by atoms with Crippen molar-refractivity contribution in [1.29, 1.82) is 0 Å². The molecule has 0 amide bonds. The molecule has 2 aromatic carbocycles. The number of nitrogens with zero attached hydrogens (tertiary/aromatic N) is 2. The molecule has 0 aliphatic carbocycles. The van der Waals surface area contributed by atoms with Gasteiger partial charge in [0.2, 0.25) is 0 Å². The van der Waals surface area contributed by atoms with Crippen LogP contribution in [0.5, 0.6) is 0 Å². The summed E-state index contributed by atoms with van der Waals surface area (Å²) in [5.74, 6) is 0. The van der Waals surface area contributed by atoms with Gasteiger partial charge in [0.25, 0.3) is 0 Å². The molecule has 0 atom stereocenters. The largest absolute Gasteiger partial charge is 0.252 e. The monoisotopic (exact) mass is 594 g/mol. The molecule has 0 saturated carbocycles. The Morgan fingerprint density at radius 2 is 0.784 bits per heavy atom. The van der Waals surface area contributed by atoms with Gasteiger partial charge in [0, 0.05) is 20.4 Å². The maximum absolute atomic E-state index is 5.34. The first-order valence-corrected chi connectivity index (χ1v) is 15.0. The number of benzene rings is 2. The van der Waals surface area contributed by atoms with Crippen LogP contribution >= 0.6 is 0 Å². The Hall–Kier alpha value is -1.56. The Kier molecular flexibility index (Phi) is 17.6. The Labute approximate surface area is 242 Å². The quantitative estimate of drug-likeness (QED) is 0.0988. The molecule has 0 N–H and O–H groups in total. The van der Waals surface area contributed by atoms with Gasteiger partial charge < -0.3 is 0 Å². The van der Waals surface area contributed by atoms with Crippen molar-refractivity contribution in [2.45, 2.75) is 131 Å². The zero-order chi connectivity index (χ0) is 26.2. The van der Waals surface area contributed by atoms with Crippen molar-refractivity contribution in [2.24, 2.45) is 9.98 Å². The molecule has 2 rings (SSSR count). The summed E-state index contributed by atoms with van der Waals surface area (Å²) in [7, 11) is 0. The molecule has 3 heteroatoms. The Morgan fingerprint density at radius 1 is 0.459 bits per heavy atom. The van der Waals surface area contributed by atoms with E-state index in [1.807, 2.05) is 0 Å². The standard InChI is InChI=1S/C34H52N2.Pd/c1-7-13-15-17-19-33(35-31-23-27(9-3)21-28(10-4)24-31)34(20-18-16-14-8-2)36-32-25-29(11-5)22-30(12-6)26-32;/h21-26H,7-20H2,1-6H3;. The maximum atomic E-state index is 5.34. The molecular formula is C34H52N2Pd. The summed E-state index contributed by atoms with van der Waals surface area (Å²) in [6, 6.07) is 13.8. The van der Waals surface area contributed by atoms with Crippen LogP contribution in [-0.2, 0) is 46.1 Å². The average molecular weight is 595 g/mol. The minimum atomic E-state index is 0. The van der Waals surface area contributed by atoms with Gasteiger partial charge in [0.05, 0.1) is 22.8 Å². The number of hydrogen-bond acceptors (Lipinski definition) is 2. The molecule has 0 aliphatic heterocycles. The van der Waals surface area contributed by atoms with Crippen LogP contribution in [-0.4, -0.2) is 11.4 Å². The van der Waals surface area contributed by atoms with Gasteiger partial charge in [-0.25, -0.2) is 0 Å². The molecule has 0 bridgehead atoms. The van der Waals surface area contributed by atoms with Gasteiger partial charge in [-0.05, 0) is 97.9 Å². The van der Waals surface area contributed by atoms with E-state index in [1.54, 1.807) is 0 Å². The Balaban J connectivity index is 0.00000684. The van der Waals surface area contributed by atoms with Crippen LogP contribution in [0.2, 0.25) is 0 Å². The molecular weight excluding hydrogens is 543 g/mol. The third-order valence-electron chi connectivity index (χ3n) is 7.10. The summed E-state index contributed by atoms with van der Waals surface area (Å²) in [4.78, 5) is 10.7. The van der Waals surface area contributed by atoms with E-state index in [0.717, 1.165) is 49.9 Å². The Bertz CT molecular complexity index is 850. The molecule has 0 spiro atoms. The van der Waals surface area contributed by atoms with E-state index in [1.165, 1.54) is 85.0 Å². The summed E-state index contributed by atoms with van der Waals surface area (Å²) in [6.07, 6.45) is 16.2. The summed E-state index contributed by atoms with van der Waals surface area (Å²) < 4.78 is 0. The molecule has 0 fully saturated rings. The predicted molar refractivity (Wildman–Crippen MR) is 162 cm³/mol. The SMILES string of the molecule is CCCCCCC(=Nc1cc(CC)cc(CC)c1)C(CCCCCC)=Nc1cc(CC)cc(CC)c1.[Pd]. The fraction of sp³-hybridized carbons (Fsp3) is 0.588. The maximum Gasteiger partial charge on any atom is 0.0639 e. The third-order valence-corrected chi connectivity index (χ3v) is 7.10. The molecule has 0 aliphatic rings. The van der Waals surface area contributed by atoms with Crippen LogP contribution in [0.4, 0.5) is 11.4 Å². The van der Waals surface area contributed by atoms with E-state index < -0.39 is 0 Å². The zero-order valence-electron chi connectivity index (χ0n) is 24.6. The molecule has 0 heterocycles. The second kappa shape index (κ2) is 19.5. The molecule has 208 valence electrons. The van der Waals surface area contributed by atoms with Crippen LogP contribution in [0, 0.1) is 0 Å². The molecule has 0 radical (unpaired) electrons. The first kappa shape index (κ1) is 33.5. The third kappa shape index (κ3) is 12.2. The van der Waals surface area contributed by atoms with Gasteiger partial charge in [-0.15, -0.1) is 0 Å².